The van der Waals surface area contributed by atoms with Crippen LogP contribution in [-0.2, 0) is 4.74 Å². The molecule has 29 heavy (non-hydrogen) atoms. The van der Waals surface area contributed by atoms with Crippen molar-refractivity contribution in [3.05, 3.63) is 64.8 Å². The molecule has 5 atom stereocenters. The molecular formula is C21H20O8. The smallest absolute Gasteiger partial charge is 0.235 e. The molecule has 1 fully saturated rings. The quantitative estimate of drug-likeness (QED) is 0.502. The number of para-hydroxylation sites is 1. The Morgan fingerprint density at radius 1 is 0.897 bits per heavy atom. The molecule has 0 amide bonds. The van der Waals surface area contributed by atoms with Crippen molar-refractivity contribution in [3.63, 3.8) is 0 Å². The van der Waals surface area contributed by atoms with E-state index in [4.69, 9.17) is 13.9 Å². The summed E-state index contributed by atoms with van der Waals surface area (Å²) in [6.45, 7) is -0.608. The summed E-state index contributed by atoms with van der Waals surface area (Å²) in [6.07, 6.45) is -7.47. The van der Waals surface area contributed by atoms with Gasteiger partial charge in [0.25, 0.3) is 0 Å². The van der Waals surface area contributed by atoms with Crippen molar-refractivity contribution in [1.82, 2.24) is 0 Å². The molecule has 1 aliphatic heterocycles. The molecule has 0 bridgehead atoms. The van der Waals surface area contributed by atoms with E-state index in [1.165, 1.54) is 0 Å². The Balaban J connectivity index is 1.82. The minimum atomic E-state index is -1.65. The average molecular weight is 400 g/mol. The van der Waals surface area contributed by atoms with E-state index in [2.05, 4.69) is 0 Å². The highest BCUT2D eigenvalue weighted by Crippen LogP contribution is 2.33. The molecule has 0 unspecified atom stereocenters. The van der Waals surface area contributed by atoms with E-state index in [0.29, 0.717) is 11.1 Å². The Morgan fingerprint density at radius 2 is 1.59 bits per heavy atom. The van der Waals surface area contributed by atoms with Gasteiger partial charge in [0.15, 0.2) is 5.76 Å². The highest BCUT2D eigenvalue weighted by atomic mass is 16.7. The van der Waals surface area contributed by atoms with Crippen LogP contribution in [0.2, 0.25) is 0 Å². The summed E-state index contributed by atoms with van der Waals surface area (Å²) in [5.41, 5.74) is 0.440. The minimum Gasteiger partial charge on any atom is -0.454 e. The van der Waals surface area contributed by atoms with Crippen LogP contribution >= 0.6 is 0 Å². The van der Waals surface area contributed by atoms with E-state index < -0.39 is 42.7 Å². The molecule has 0 aliphatic carbocycles. The highest BCUT2D eigenvalue weighted by molar-refractivity contribution is 5.81. The van der Waals surface area contributed by atoms with Gasteiger partial charge in [-0.3, -0.25) is 4.79 Å². The lowest BCUT2D eigenvalue weighted by molar-refractivity contribution is -0.277. The molecule has 8 nitrogen and oxygen atoms in total. The molecule has 152 valence electrons. The van der Waals surface area contributed by atoms with Crippen LogP contribution in [0, 0.1) is 0 Å². The maximum Gasteiger partial charge on any atom is 0.235 e. The molecule has 0 saturated carbocycles. The predicted molar refractivity (Wildman–Crippen MR) is 102 cm³/mol. The first-order chi connectivity index (χ1) is 14.0. The van der Waals surface area contributed by atoms with E-state index in [1.807, 2.05) is 0 Å². The summed E-state index contributed by atoms with van der Waals surface area (Å²) in [6, 6.07) is 15.4. The molecule has 1 saturated heterocycles. The van der Waals surface area contributed by atoms with Gasteiger partial charge in [0.1, 0.15) is 30.0 Å². The molecule has 1 aliphatic rings. The summed E-state index contributed by atoms with van der Waals surface area (Å²) >= 11 is 0. The molecule has 0 spiro atoms. The van der Waals surface area contributed by atoms with E-state index in [0.717, 1.165) is 0 Å². The number of hydrogen-bond donors (Lipinski definition) is 4. The number of aliphatic hydroxyl groups is 4. The molecule has 8 heteroatoms. The Labute approximate surface area is 165 Å². The van der Waals surface area contributed by atoms with Gasteiger partial charge in [-0.05, 0) is 12.1 Å². The molecule has 4 rings (SSSR count). The minimum absolute atomic E-state index is 0.131. The number of rotatable bonds is 4. The normalized spacial score (nSPS) is 27.1. The molecule has 1 aromatic heterocycles. The fourth-order valence-electron chi connectivity index (χ4n) is 3.29. The van der Waals surface area contributed by atoms with E-state index in [1.54, 1.807) is 54.6 Å². The van der Waals surface area contributed by atoms with Gasteiger partial charge in [0, 0.05) is 5.56 Å². The molecule has 0 radical (unpaired) electrons. The fourth-order valence-corrected chi connectivity index (χ4v) is 3.29. The topological polar surface area (TPSA) is 130 Å². The lowest BCUT2D eigenvalue weighted by Crippen LogP contribution is -2.60. The average Bonchev–Trinajstić information content (AvgIpc) is 2.76. The van der Waals surface area contributed by atoms with Gasteiger partial charge in [-0.15, -0.1) is 0 Å². The van der Waals surface area contributed by atoms with Crippen LogP contribution in [0.4, 0.5) is 0 Å². The Morgan fingerprint density at radius 3 is 2.31 bits per heavy atom. The van der Waals surface area contributed by atoms with Gasteiger partial charge in [0.05, 0.1) is 12.0 Å². The molecule has 2 heterocycles. The second-order valence-corrected chi connectivity index (χ2v) is 6.77. The van der Waals surface area contributed by atoms with Crippen molar-refractivity contribution < 1.29 is 34.3 Å². The van der Waals surface area contributed by atoms with Gasteiger partial charge < -0.3 is 34.3 Å². The molecular weight excluding hydrogens is 380 g/mol. The Bertz CT molecular complexity index is 1050. The van der Waals surface area contributed by atoms with E-state index in [9.17, 15) is 25.2 Å². The SMILES string of the molecule is O=c1c(O[C@@H]2O[C@H](CO)[C@H](O)[C@H](O)[C@H]2O)c(-c2ccccc2)oc2ccccc12. The lowest BCUT2D eigenvalue weighted by atomic mass is 9.99. The first kappa shape index (κ1) is 19.6. The number of fused-ring (bicyclic) bond motifs is 1. The Hall–Kier alpha value is -2.75. The van der Waals surface area contributed by atoms with Crippen LogP contribution in [0.5, 0.6) is 5.75 Å². The summed E-state index contributed by atoms with van der Waals surface area (Å²) in [4.78, 5) is 13.1. The fraction of sp³-hybridized carbons (Fsp3) is 0.286. The van der Waals surface area contributed by atoms with Crippen molar-refractivity contribution in [1.29, 1.82) is 0 Å². The maximum atomic E-state index is 13.1. The first-order valence-electron chi connectivity index (χ1n) is 9.09. The largest absolute Gasteiger partial charge is 0.454 e. The predicted octanol–water partition coefficient (Wildman–Crippen LogP) is 0.639. The maximum absolute atomic E-state index is 13.1. The molecule has 2 aromatic carbocycles. The van der Waals surface area contributed by atoms with Crippen molar-refractivity contribution >= 4 is 11.0 Å². The van der Waals surface area contributed by atoms with Crippen LogP contribution < -0.4 is 10.2 Å². The van der Waals surface area contributed by atoms with Crippen molar-refractivity contribution in [3.8, 4) is 17.1 Å². The van der Waals surface area contributed by atoms with E-state index in [-0.39, 0.29) is 16.9 Å². The summed E-state index contributed by atoms with van der Waals surface area (Å²) in [7, 11) is 0. The lowest BCUT2D eigenvalue weighted by Gasteiger charge is -2.39. The number of benzene rings is 2. The molecule has 4 N–H and O–H groups in total. The Kier molecular flexibility index (Phi) is 5.35. The van der Waals surface area contributed by atoms with Crippen LogP contribution in [0.1, 0.15) is 0 Å². The van der Waals surface area contributed by atoms with Gasteiger partial charge >= 0.3 is 0 Å². The van der Waals surface area contributed by atoms with Crippen LogP contribution in [-0.4, -0.2) is 57.7 Å². The number of ether oxygens (including phenoxy) is 2. The zero-order chi connectivity index (χ0) is 20.5. The molecule has 3 aromatic rings. The zero-order valence-electron chi connectivity index (χ0n) is 15.2. The standard InChI is InChI=1S/C21H20O8/c22-10-14-16(24)17(25)18(26)21(28-14)29-20-15(23)12-8-4-5-9-13(12)27-19(20)11-6-2-1-3-7-11/h1-9,14,16-18,21-22,24-26H,10H2/t14-,16+,17+,18-,21+/m1/s1. The zero-order valence-corrected chi connectivity index (χ0v) is 15.2. The second-order valence-electron chi connectivity index (χ2n) is 6.77. The third-order valence-electron chi connectivity index (χ3n) is 4.87. The van der Waals surface area contributed by atoms with Crippen LogP contribution in [0.25, 0.3) is 22.3 Å². The first-order valence-corrected chi connectivity index (χ1v) is 9.09. The third kappa shape index (κ3) is 3.52. The van der Waals surface area contributed by atoms with Crippen LogP contribution in [0.3, 0.4) is 0 Å². The third-order valence-corrected chi connectivity index (χ3v) is 4.87. The number of aliphatic hydroxyl groups excluding tert-OH is 4. The van der Waals surface area contributed by atoms with Crippen molar-refractivity contribution in [2.24, 2.45) is 0 Å². The van der Waals surface area contributed by atoms with Crippen molar-refractivity contribution in [2.45, 2.75) is 30.7 Å². The van der Waals surface area contributed by atoms with Crippen molar-refractivity contribution in [2.75, 3.05) is 6.61 Å². The monoisotopic (exact) mass is 400 g/mol. The summed E-state index contributed by atoms with van der Waals surface area (Å²) in [5.74, 6) is -0.0783. The van der Waals surface area contributed by atoms with Gasteiger partial charge in [-0.2, -0.15) is 0 Å². The summed E-state index contributed by atoms with van der Waals surface area (Å²) in [5, 5.41) is 39.8. The van der Waals surface area contributed by atoms with Gasteiger partial charge in [-0.1, -0.05) is 42.5 Å². The van der Waals surface area contributed by atoms with Gasteiger partial charge in [-0.25, -0.2) is 0 Å². The summed E-state index contributed by atoms with van der Waals surface area (Å²) < 4.78 is 17.0. The van der Waals surface area contributed by atoms with Gasteiger partial charge in [0.2, 0.25) is 17.5 Å². The highest BCUT2D eigenvalue weighted by Gasteiger charge is 2.45. The van der Waals surface area contributed by atoms with Crippen LogP contribution in [0.15, 0.2) is 63.8 Å². The number of hydrogen-bond acceptors (Lipinski definition) is 8. The van der Waals surface area contributed by atoms with E-state index >= 15 is 0 Å². The second kappa shape index (κ2) is 7.94.